The number of methoxy groups -OCH3 is 1. The normalized spacial score (nSPS) is 23.3. The second-order valence-corrected chi connectivity index (χ2v) is 7.16. The van der Waals surface area contributed by atoms with Gasteiger partial charge in [0.2, 0.25) is 5.91 Å². The fourth-order valence-electron chi connectivity index (χ4n) is 2.87. The fourth-order valence-corrected chi connectivity index (χ4v) is 4.42. The van der Waals surface area contributed by atoms with Crippen LogP contribution in [-0.2, 0) is 20.9 Å². The number of hydrogen-bond acceptors (Lipinski definition) is 5. The molecule has 0 radical (unpaired) electrons. The van der Waals surface area contributed by atoms with E-state index in [-0.39, 0.29) is 23.4 Å². The van der Waals surface area contributed by atoms with Crippen molar-refractivity contribution in [3.8, 4) is 0 Å². The Morgan fingerprint density at radius 1 is 1.57 bits per heavy atom. The topological polar surface area (TPSA) is 51.7 Å². The van der Waals surface area contributed by atoms with E-state index in [0.717, 1.165) is 30.8 Å². The van der Waals surface area contributed by atoms with Crippen LogP contribution in [0.25, 0.3) is 0 Å². The summed E-state index contributed by atoms with van der Waals surface area (Å²) in [5, 5.41) is 0. The highest BCUT2D eigenvalue weighted by atomic mass is 32.2. The maximum atomic E-state index is 11.7. The molecule has 114 valence electrons. The molecule has 1 aromatic rings. The van der Waals surface area contributed by atoms with Crippen molar-refractivity contribution >= 4 is 17.7 Å². The summed E-state index contributed by atoms with van der Waals surface area (Å²) in [5.41, 5.74) is 1.11. The van der Waals surface area contributed by atoms with Gasteiger partial charge in [0.25, 0.3) is 0 Å². The SMILES string of the molecule is COCC(=O)N1CC2(C[C@H](OCc3cccnc3)CS2)C1. The minimum absolute atomic E-state index is 0.0865. The van der Waals surface area contributed by atoms with E-state index in [0.29, 0.717) is 6.61 Å². The van der Waals surface area contributed by atoms with Crippen molar-refractivity contribution in [2.45, 2.75) is 23.9 Å². The number of amides is 1. The average molecular weight is 308 g/mol. The molecular weight excluding hydrogens is 288 g/mol. The van der Waals surface area contributed by atoms with E-state index < -0.39 is 0 Å². The number of rotatable bonds is 5. The molecule has 2 aliphatic rings. The van der Waals surface area contributed by atoms with Crippen LogP contribution >= 0.6 is 11.8 Å². The smallest absolute Gasteiger partial charge is 0.248 e. The van der Waals surface area contributed by atoms with Crippen molar-refractivity contribution in [3.05, 3.63) is 30.1 Å². The lowest BCUT2D eigenvalue weighted by Gasteiger charge is -2.47. The number of ether oxygens (including phenoxy) is 2. The lowest BCUT2D eigenvalue weighted by atomic mass is 9.93. The quantitative estimate of drug-likeness (QED) is 0.821. The number of thioether (sulfide) groups is 1. The van der Waals surface area contributed by atoms with Gasteiger partial charge in [-0.1, -0.05) is 6.07 Å². The second kappa shape index (κ2) is 6.34. The zero-order chi connectivity index (χ0) is 14.7. The highest BCUT2D eigenvalue weighted by molar-refractivity contribution is 8.01. The summed E-state index contributed by atoms with van der Waals surface area (Å²) in [6.07, 6.45) is 4.90. The largest absolute Gasteiger partial charge is 0.375 e. The van der Waals surface area contributed by atoms with E-state index in [2.05, 4.69) is 4.98 Å². The van der Waals surface area contributed by atoms with Gasteiger partial charge in [0.15, 0.2) is 0 Å². The van der Waals surface area contributed by atoms with E-state index in [1.54, 1.807) is 13.3 Å². The first kappa shape index (κ1) is 14.8. The van der Waals surface area contributed by atoms with Gasteiger partial charge >= 0.3 is 0 Å². The summed E-state index contributed by atoms with van der Waals surface area (Å²) in [5.74, 6) is 1.09. The Morgan fingerprint density at radius 2 is 2.43 bits per heavy atom. The number of aromatic nitrogens is 1. The fraction of sp³-hybridized carbons (Fsp3) is 0.600. The molecule has 0 saturated carbocycles. The molecule has 0 aromatic carbocycles. The van der Waals surface area contributed by atoms with Crippen molar-refractivity contribution < 1.29 is 14.3 Å². The molecule has 0 aliphatic carbocycles. The summed E-state index contributed by atoms with van der Waals surface area (Å²) in [4.78, 5) is 17.7. The van der Waals surface area contributed by atoms with Crippen LogP contribution < -0.4 is 0 Å². The van der Waals surface area contributed by atoms with Gasteiger partial charge in [-0.05, 0) is 18.1 Å². The Labute approximate surface area is 129 Å². The van der Waals surface area contributed by atoms with Crippen LogP contribution in [0.2, 0.25) is 0 Å². The van der Waals surface area contributed by atoms with Gasteiger partial charge in [0.05, 0.1) is 17.5 Å². The molecule has 21 heavy (non-hydrogen) atoms. The van der Waals surface area contributed by atoms with Gasteiger partial charge < -0.3 is 14.4 Å². The minimum atomic E-state index is 0.0865. The summed E-state index contributed by atoms with van der Waals surface area (Å²) in [7, 11) is 1.56. The average Bonchev–Trinajstić information content (AvgIpc) is 2.89. The third-order valence-electron chi connectivity index (χ3n) is 3.96. The van der Waals surface area contributed by atoms with Crippen LogP contribution in [0.3, 0.4) is 0 Å². The summed E-state index contributed by atoms with van der Waals surface area (Å²) < 4.78 is 11.1. The van der Waals surface area contributed by atoms with Gasteiger partial charge in [0.1, 0.15) is 6.61 Å². The second-order valence-electron chi connectivity index (χ2n) is 5.68. The predicted octanol–water partition coefficient (Wildman–Crippen LogP) is 1.33. The van der Waals surface area contributed by atoms with Crippen LogP contribution in [-0.4, -0.2) is 59.2 Å². The highest BCUT2D eigenvalue weighted by Crippen LogP contribution is 2.46. The van der Waals surface area contributed by atoms with Gasteiger partial charge in [-0.2, -0.15) is 0 Å². The standard InChI is InChI=1S/C15H20N2O3S/c1-19-8-14(18)17-10-15(11-17)5-13(9-21-15)20-7-12-3-2-4-16-6-12/h2-4,6,13H,5,7-11H2,1H3/t13-/m0/s1. The van der Waals surface area contributed by atoms with Gasteiger partial charge in [0, 0.05) is 38.3 Å². The molecule has 0 N–H and O–H groups in total. The first-order valence-electron chi connectivity index (χ1n) is 7.12. The molecule has 1 spiro atoms. The molecule has 6 heteroatoms. The minimum Gasteiger partial charge on any atom is -0.375 e. The number of carbonyl (C=O) groups excluding carboxylic acids is 1. The molecule has 0 unspecified atom stereocenters. The van der Waals surface area contributed by atoms with Crippen LogP contribution in [0.4, 0.5) is 0 Å². The molecule has 2 aliphatic heterocycles. The number of carbonyl (C=O) groups is 1. The third kappa shape index (κ3) is 3.39. The predicted molar refractivity (Wildman–Crippen MR) is 81.1 cm³/mol. The maximum Gasteiger partial charge on any atom is 0.248 e. The monoisotopic (exact) mass is 308 g/mol. The molecule has 0 bridgehead atoms. The number of hydrogen-bond donors (Lipinski definition) is 0. The molecule has 1 aromatic heterocycles. The first-order chi connectivity index (χ1) is 10.2. The Hall–Kier alpha value is -1.11. The van der Waals surface area contributed by atoms with Crippen LogP contribution in [0.1, 0.15) is 12.0 Å². The van der Waals surface area contributed by atoms with Gasteiger partial charge in [-0.25, -0.2) is 0 Å². The van der Waals surface area contributed by atoms with Gasteiger partial charge in [-0.15, -0.1) is 11.8 Å². The lowest BCUT2D eigenvalue weighted by Crippen LogP contribution is -2.61. The molecular formula is C15H20N2O3S. The van der Waals surface area contributed by atoms with Crippen LogP contribution in [0.15, 0.2) is 24.5 Å². The molecule has 3 heterocycles. The Bertz CT molecular complexity index is 491. The summed E-state index contributed by atoms with van der Waals surface area (Å²) in [6.45, 7) is 2.45. The van der Waals surface area contributed by atoms with Gasteiger partial charge in [-0.3, -0.25) is 9.78 Å². The van der Waals surface area contributed by atoms with Crippen molar-refractivity contribution in [2.75, 3.05) is 32.6 Å². The molecule has 2 fully saturated rings. The molecule has 1 atom stereocenters. The number of pyridine rings is 1. The maximum absolute atomic E-state index is 11.7. The van der Waals surface area contributed by atoms with E-state index in [4.69, 9.17) is 9.47 Å². The number of likely N-dealkylation sites (tertiary alicyclic amines) is 1. The summed E-state index contributed by atoms with van der Waals surface area (Å²) >= 11 is 1.94. The zero-order valence-electron chi connectivity index (χ0n) is 12.2. The van der Waals surface area contributed by atoms with Crippen molar-refractivity contribution in [3.63, 3.8) is 0 Å². The zero-order valence-corrected chi connectivity index (χ0v) is 13.0. The van der Waals surface area contributed by atoms with Crippen molar-refractivity contribution in [1.82, 2.24) is 9.88 Å². The Morgan fingerprint density at radius 3 is 3.14 bits per heavy atom. The van der Waals surface area contributed by atoms with Crippen molar-refractivity contribution in [1.29, 1.82) is 0 Å². The molecule has 1 amide bonds. The summed E-state index contributed by atoms with van der Waals surface area (Å²) in [6, 6.07) is 3.95. The highest BCUT2D eigenvalue weighted by Gasteiger charge is 2.50. The van der Waals surface area contributed by atoms with Crippen LogP contribution in [0, 0.1) is 0 Å². The Balaban J connectivity index is 1.43. The van der Waals surface area contributed by atoms with E-state index in [9.17, 15) is 4.79 Å². The van der Waals surface area contributed by atoms with E-state index in [1.807, 2.05) is 35.0 Å². The molecule has 3 rings (SSSR count). The third-order valence-corrected chi connectivity index (χ3v) is 5.54. The molecule has 2 saturated heterocycles. The van der Waals surface area contributed by atoms with E-state index >= 15 is 0 Å². The van der Waals surface area contributed by atoms with E-state index in [1.165, 1.54) is 0 Å². The first-order valence-corrected chi connectivity index (χ1v) is 8.10. The Kier molecular flexibility index (Phi) is 4.47. The molecule has 5 nitrogen and oxygen atoms in total. The number of nitrogens with zero attached hydrogens (tertiary/aromatic N) is 2. The van der Waals surface area contributed by atoms with Crippen molar-refractivity contribution in [2.24, 2.45) is 0 Å². The lowest BCUT2D eigenvalue weighted by molar-refractivity contribution is -0.140. The van der Waals surface area contributed by atoms with Crippen LogP contribution in [0.5, 0.6) is 0 Å².